The summed E-state index contributed by atoms with van der Waals surface area (Å²) in [7, 11) is -4.00. The minimum absolute atomic E-state index is 0.214. The smallest absolute Gasteiger partial charge is 0.264 e. The van der Waals surface area contributed by atoms with E-state index in [1.807, 2.05) is 18.2 Å². The molecule has 11 heteroatoms. The molecule has 1 N–H and O–H groups in total. The molecule has 0 saturated heterocycles. The number of rotatable bonds is 9. The van der Waals surface area contributed by atoms with Gasteiger partial charge in [-0.2, -0.15) is 8.42 Å². The molecule has 38 heavy (non-hydrogen) atoms. The first-order valence-electron chi connectivity index (χ1n) is 12.4. The second-order valence-corrected chi connectivity index (χ2v) is 11.8. The van der Waals surface area contributed by atoms with Crippen molar-refractivity contribution in [1.82, 2.24) is 4.98 Å². The molecule has 2 aliphatic rings. The summed E-state index contributed by atoms with van der Waals surface area (Å²) in [6.07, 6.45) is 6.68. The van der Waals surface area contributed by atoms with E-state index in [2.05, 4.69) is 16.0 Å². The lowest BCUT2D eigenvalue weighted by Gasteiger charge is -2.38. The number of unbranched alkanes of at least 4 members (excludes halogenated alkanes) is 1. The molecule has 0 spiro atoms. The summed E-state index contributed by atoms with van der Waals surface area (Å²) in [5.41, 5.74) is 2.96. The first-order chi connectivity index (χ1) is 18.2. The van der Waals surface area contributed by atoms with Crippen LogP contribution in [-0.4, -0.2) is 48.7 Å². The SMILES string of the molecule is O=C(c1cnccc1Oc1cc(Cl)c(CCCCS(=O)(=O)O)cc1Cl)N1CCN(C2CC2)c2ccccc21. The van der Waals surface area contributed by atoms with Gasteiger partial charge < -0.3 is 14.5 Å². The fourth-order valence-corrected chi connectivity index (χ4v) is 5.74. The molecule has 0 bridgehead atoms. The number of carbonyl (C=O) groups excluding carboxylic acids is 1. The van der Waals surface area contributed by atoms with Crippen LogP contribution in [-0.2, 0) is 16.5 Å². The van der Waals surface area contributed by atoms with Gasteiger partial charge >= 0.3 is 0 Å². The third-order valence-corrected chi connectivity index (χ3v) is 8.16. The Morgan fingerprint density at radius 2 is 1.79 bits per heavy atom. The zero-order valence-electron chi connectivity index (χ0n) is 20.5. The number of fused-ring (bicyclic) bond motifs is 1. The molecular formula is C27H27Cl2N3O5S. The number of aromatic nitrogens is 1. The Morgan fingerprint density at radius 1 is 1.03 bits per heavy atom. The van der Waals surface area contributed by atoms with Gasteiger partial charge in [-0.05, 0) is 61.9 Å². The molecule has 5 rings (SSSR count). The molecule has 0 radical (unpaired) electrons. The van der Waals surface area contributed by atoms with Gasteiger partial charge in [0.2, 0.25) is 0 Å². The maximum atomic E-state index is 13.8. The lowest BCUT2D eigenvalue weighted by molar-refractivity contribution is 0.0984. The molecule has 1 saturated carbocycles. The molecule has 1 aliphatic heterocycles. The Kier molecular flexibility index (Phi) is 7.81. The third kappa shape index (κ3) is 6.07. The van der Waals surface area contributed by atoms with Crippen molar-refractivity contribution in [2.75, 3.05) is 28.6 Å². The summed E-state index contributed by atoms with van der Waals surface area (Å²) < 4.78 is 36.8. The normalized spacial score (nSPS) is 15.3. The van der Waals surface area contributed by atoms with Gasteiger partial charge in [0.1, 0.15) is 17.1 Å². The summed E-state index contributed by atoms with van der Waals surface area (Å²) >= 11 is 13.0. The summed E-state index contributed by atoms with van der Waals surface area (Å²) in [5, 5.41) is 0.709. The number of aryl methyl sites for hydroxylation is 1. The van der Waals surface area contributed by atoms with Crippen LogP contribution in [0.4, 0.5) is 11.4 Å². The molecule has 0 atom stereocenters. The molecule has 0 unspecified atom stereocenters. The molecule has 1 aliphatic carbocycles. The van der Waals surface area contributed by atoms with Crippen LogP contribution >= 0.6 is 23.2 Å². The Morgan fingerprint density at radius 3 is 2.53 bits per heavy atom. The number of hydrogen-bond acceptors (Lipinski definition) is 6. The van der Waals surface area contributed by atoms with E-state index in [9.17, 15) is 13.2 Å². The number of amides is 1. The Balaban J connectivity index is 1.35. The summed E-state index contributed by atoms with van der Waals surface area (Å²) in [6.45, 7) is 1.32. The van der Waals surface area contributed by atoms with E-state index in [0.717, 1.165) is 23.5 Å². The molecule has 2 heterocycles. The highest BCUT2D eigenvalue weighted by molar-refractivity contribution is 7.85. The van der Waals surface area contributed by atoms with Crippen molar-refractivity contribution >= 4 is 50.6 Å². The average Bonchev–Trinajstić information content (AvgIpc) is 3.73. The number of pyridine rings is 1. The van der Waals surface area contributed by atoms with Gasteiger partial charge in [-0.15, -0.1) is 0 Å². The van der Waals surface area contributed by atoms with Crippen LogP contribution in [0.1, 0.15) is 41.6 Å². The van der Waals surface area contributed by atoms with E-state index < -0.39 is 10.1 Å². The van der Waals surface area contributed by atoms with E-state index in [1.54, 1.807) is 29.3 Å². The van der Waals surface area contributed by atoms with Crippen molar-refractivity contribution in [3.8, 4) is 11.5 Å². The number of benzene rings is 2. The summed E-state index contributed by atoms with van der Waals surface area (Å²) in [6, 6.07) is 13.4. The standard InChI is InChI=1S/C27H27Cl2N3O5S/c28-21-16-26(22(29)15-18(21)5-3-4-14-38(34,35)36)37-25-10-11-30-17-20(25)27(33)32-13-12-31(19-8-9-19)23-6-1-2-7-24(23)32/h1-2,6-7,10-11,15-17,19H,3-5,8-9,12-14H2,(H,34,35,36). The van der Waals surface area contributed by atoms with E-state index in [-0.39, 0.29) is 17.4 Å². The van der Waals surface area contributed by atoms with Crippen molar-refractivity contribution in [2.45, 2.75) is 38.1 Å². The number of nitrogens with zero attached hydrogens (tertiary/aromatic N) is 3. The summed E-state index contributed by atoms with van der Waals surface area (Å²) in [4.78, 5) is 22.1. The molecule has 3 aromatic rings. The molecule has 1 amide bonds. The first kappa shape index (κ1) is 26.7. The van der Waals surface area contributed by atoms with E-state index in [1.165, 1.54) is 19.0 Å². The highest BCUT2D eigenvalue weighted by Gasteiger charge is 2.36. The zero-order valence-corrected chi connectivity index (χ0v) is 22.8. The maximum Gasteiger partial charge on any atom is 0.264 e. The predicted octanol–water partition coefficient (Wildman–Crippen LogP) is 6.02. The number of anilines is 2. The summed E-state index contributed by atoms with van der Waals surface area (Å²) in [5.74, 6) is 0.0793. The number of halogens is 2. The minimum atomic E-state index is -4.00. The molecule has 2 aromatic carbocycles. The monoisotopic (exact) mass is 575 g/mol. The van der Waals surface area contributed by atoms with Crippen LogP contribution in [0, 0.1) is 0 Å². The minimum Gasteiger partial charge on any atom is -0.455 e. The number of hydrogen-bond donors (Lipinski definition) is 1. The predicted molar refractivity (Wildman–Crippen MR) is 149 cm³/mol. The van der Waals surface area contributed by atoms with Crippen LogP contribution in [0.15, 0.2) is 54.9 Å². The van der Waals surface area contributed by atoms with E-state index in [4.69, 9.17) is 32.5 Å². The molecule has 8 nitrogen and oxygen atoms in total. The Bertz CT molecular complexity index is 1460. The van der Waals surface area contributed by atoms with Crippen LogP contribution in [0.25, 0.3) is 0 Å². The van der Waals surface area contributed by atoms with Crippen molar-refractivity contribution in [1.29, 1.82) is 0 Å². The van der Waals surface area contributed by atoms with E-state index in [0.29, 0.717) is 53.2 Å². The largest absolute Gasteiger partial charge is 0.455 e. The van der Waals surface area contributed by atoms with Gasteiger partial charge in [-0.3, -0.25) is 14.3 Å². The number of ether oxygens (including phenoxy) is 1. The van der Waals surface area contributed by atoms with Crippen LogP contribution < -0.4 is 14.5 Å². The first-order valence-corrected chi connectivity index (χ1v) is 14.8. The molecule has 1 aromatic heterocycles. The second kappa shape index (κ2) is 11.1. The van der Waals surface area contributed by atoms with E-state index >= 15 is 0 Å². The third-order valence-electron chi connectivity index (χ3n) is 6.71. The fourth-order valence-electron chi connectivity index (χ4n) is 4.70. The van der Waals surface area contributed by atoms with Gasteiger partial charge in [0.05, 0.1) is 22.2 Å². The van der Waals surface area contributed by atoms with Crippen LogP contribution in [0.2, 0.25) is 10.0 Å². The van der Waals surface area contributed by atoms with Crippen molar-refractivity contribution < 1.29 is 22.5 Å². The van der Waals surface area contributed by atoms with Crippen molar-refractivity contribution in [3.05, 3.63) is 76.0 Å². The average molecular weight is 577 g/mol. The topological polar surface area (TPSA) is 100 Å². The Labute approximate surface area is 231 Å². The lowest BCUT2D eigenvalue weighted by atomic mass is 10.1. The molecular weight excluding hydrogens is 549 g/mol. The van der Waals surface area contributed by atoms with Gasteiger partial charge in [-0.25, -0.2) is 0 Å². The van der Waals surface area contributed by atoms with Crippen molar-refractivity contribution in [3.63, 3.8) is 0 Å². The number of para-hydroxylation sites is 2. The maximum absolute atomic E-state index is 13.8. The fraction of sp³-hybridized carbons (Fsp3) is 0.333. The van der Waals surface area contributed by atoms with Crippen LogP contribution in [0.5, 0.6) is 11.5 Å². The Hall–Kier alpha value is -2.85. The number of carbonyl (C=O) groups is 1. The molecule has 1 fully saturated rings. The second-order valence-electron chi connectivity index (χ2n) is 9.46. The van der Waals surface area contributed by atoms with Gasteiger partial charge in [-0.1, -0.05) is 35.3 Å². The zero-order chi connectivity index (χ0) is 26.9. The quantitative estimate of drug-likeness (QED) is 0.246. The lowest BCUT2D eigenvalue weighted by Crippen LogP contribution is -2.45. The highest BCUT2D eigenvalue weighted by Crippen LogP contribution is 2.41. The molecule has 200 valence electrons. The van der Waals surface area contributed by atoms with Gasteiger partial charge in [0.15, 0.2) is 0 Å². The highest BCUT2D eigenvalue weighted by atomic mass is 35.5. The van der Waals surface area contributed by atoms with Crippen molar-refractivity contribution in [2.24, 2.45) is 0 Å². The van der Waals surface area contributed by atoms with Gasteiger partial charge in [0.25, 0.3) is 16.0 Å². The van der Waals surface area contributed by atoms with Crippen LogP contribution in [0.3, 0.4) is 0 Å². The van der Waals surface area contributed by atoms with Gasteiger partial charge in [0, 0.05) is 42.6 Å².